The molecule has 0 spiro atoms. The summed E-state index contributed by atoms with van der Waals surface area (Å²) < 4.78 is 5.19. The summed E-state index contributed by atoms with van der Waals surface area (Å²) in [6, 6.07) is 7.59. The predicted molar refractivity (Wildman–Crippen MR) is 63.6 cm³/mol. The van der Waals surface area contributed by atoms with Gasteiger partial charge in [0.25, 0.3) is 0 Å². The summed E-state index contributed by atoms with van der Waals surface area (Å²) in [6.45, 7) is 5.96. The van der Waals surface area contributed by atoms with E-state index in [1.165, 1.54) is 0 Å². The molecular formula is C13H18LiNO2. The van der Waals surface area contributed by atoms with Crippen molar-refractivity contribution in [2.24, 2.45) is 10.4 Å². The molecule has 88 valence electrons. The van der Waals surface area contributed by atoms with Crippen LogP contribution in [0.1, 0.15) is 26.3 Å². The molecule has 1 aromatic rings. The monoisotopic (exact) mass is 227 g/mol. The van der Waals surface area contributed by atoms with E-state index < -0.39 is 5.41 Å². The summed E-state index contributed by atoms with van der Waals surface area (Å²) in [7, 11) is 1.62. The van der Waals surface area contributed by atoms with E-state index in [1.54, 1.807) is 7.11 Å². The Morgan fingerprint density at radius 3 is 2.41 bits per heavy atom. The van der Waals surface area contributed by atoms with E-state index in [0.717, 1.165) is 11.3 Å². The normalized spacial score (nSPS) is 11.9. The largest absolute Gasteiger partial charge is 1.00 e. The molecule has 0 bridgehead atoms. The molecule has 0 aliphatic heterocycles. The van der Waals surface area contributed by atoms with Crippen molar-refractivity contribution in [3.8, 4) is 5.75 Å². The van der Waals surface area contributed by atoms with Gasteiger partial charge < -0.3 is 14.8 Å². The number of benzene rings is 1. The number of rotatable bonds is 3. The number of ether oxygens (including phenoxy) is 1. The molecule has 0 atom stereocenters. The van der Waals surface area contributed by atoms with Gasteiger partial charge in [0, 0.05) is 5.56 Å². The standard InChI is InChI=1S/C13H19NO2.Li/c1-13(2,3)12(15)14-9-10-7-5-6-8-11(10)16-4;/h5-8H,9H2,1-4H3,(H,14,15);/q;+1/p-1. The first-order valence-electron chi connectivity index (χ1n) is 5.29. The summed E-state index contributed by atoms with van der Waals surface area (Å²) in [5.41, 5.74) is 0.518. The van der Waals surface area contributed by atoms with E-state index in [2.05, 4.69) is 4.99 Å². The minimum Gasteiger partial charge on any atom is -0.862 e. The third kappa shape index (κ3) is 4.85. The maximum Gasteiger partial charge on any atom is 1.00 e. The van der Waals surface area contributed by atoms with Gasteiger partial charge in [0.1, 0.15) is 5.75 Å². The zero-order valence-corrected chi connectivity index (χ0v) is 11.3. The Bertz CT molecular complexity index is 383. The van der Waals surface area contributed by atoms with E-state index in [1.807, 2.05) is 45.0 Å². The Hall–Kier alpha value is -0.913. The van der Waals surface area contributed by atoms with Gasteiger partial charge >= 0.3 is 18.9 Å². The second kappa shape index (κ2) is 6.73. The topological polar surface area (TPSA) is 44.6 Å². The molecule has 3 nitrogen and oxygen atoms in total. The third-order valence-corrected chi connectivity index (χ3v) is 2.23. The Morgan fingerprint density at radius 1 is 1.29 bits per heavy atom. The van der Waals surface area contributed by atoms with Crippen LogP contribution in [-0.2, 0) is 6.54 Å². The van der Waals surface area contributed by atoms with Crippen molar-refractivity contribution in [2.45, 2.75) is 27.3 Å². The SMILES string of the molecule is COc1ccccc1CN=C([O-])C(C)(C)C.[Li+]. The second-order valence-electron chi connectivity index (χ2n) is 4.68. The molecule has 0 saturated carbocycles. The molecule has 0 fully saturated rings. The van der Waals surface area contributed by atoms with E-state index in [0.29, 0.717) is 6.54 Å². The fourth-order valence-corrected chi connectivity index (χ4v) is 1.23. The summed E-state index contributed by atoms with van der Waals surface area (Å²) in [6.07, 6.45) is 0. The quantitative estimate of drug-likeness (QED) is 0.378. The van der Waals surface area contributed by atoms with Gasteiger partial charge in [0.05, 0.1) is 13.7 Å². The van der Waals surface area contributed by atoms with Gasteiger partial charge in [-0.3, -0.25) is 0 Å². The van der Waals surface area contributed by atoms with Crippen molar-refractivity contribution in [3.63, 3.8) is 0 Å². The van der Waals surface area contributed by atoms with Crippen molar-refractivity contribution in [1.29, 1.82) is 0 Å². The van der Waals surface area contributed by atoms with Gasteiger partial charge in [-0.15, -0.1) is 0 Å². The Balaban J connectivity index is 0.00000256. The molecule has 0 radical (unpaired) electrons. The van der Waals surface area contributed by atoms with Gasteiger partial charge in [-0.25, -0.2) is 0 Å². The van der Waals surface area contributed by atoms with Crippen LogP contribution in [0.15, 0.2) is 29.3 Å². The Morgan fingerprint density at radius 2 is 1.88 bits per heavy atom. The van der Waals surface area contributed by atoms with Gasteiger partial charge in [-0.05, 0) is 17.4 Å². The average molecular weight is 227 g/mol. The van der Waals surface area contributed by atoms with E-state index >= 15 is 0 Å². The molecule has 4 heteroatoms. The van der Waals surface area contributed by atoms with E-state index in [9.17, 15) is 5.11 Å². The van der Waals surface area contributed by atoms with Crippen LogP contribution in [0.2, 0.25) is 0 Å². The minimum absolute atomic E-state index is 0. The minimum atomic E-state index is -0.415. The van der Waals surface area contributed by atoms with Crippen molar-refractivity contribution in [1.82, 2.24) is 0 Å². The number of aliphatic imine (C=N–C) groups is 1. The van der Waals surface area contributed by atoms with Crippen LogP contribution in [0.4, 0.5) is 0 Å². The van der Waals surface area contributed by atoms with Crippen LogP contribution in [-0.4, -0.2) is 13.0 Å². The second-order valence-corrected chi connectivity index (χ2v) is 4.68. The Kier molecular flexibility index (Phi) is 6.37. The van der Waals surface area contributed by atoms with Crippen LogP contribution in [0.25, 0.3) is 0 Å². The molecule has 17 heavy (non-hydrogen) atoms. The molecule has 1 rings (SSSR count). The molecular weight excluding hydrogens is 209 g/mol. The number of hydrogen-bond acceptors (Lipinski definition) is 3. The van der Waals surface area contributed by atoms with E-state index in [-0.39, 0.29) is 24.8 Å². The smallest absolute Gasteiger partial charge is 0.862 e. The first kappa shape index (κ1) is 16.1. The predicted octanol–water partition coefficient (Wildman–Crippen LogP) is -0.996. The van der Waals surface area contributed by atoms with Crippen LogP contribution in [0.5, 0.6) is 5.75 Å². The number of hydrogen-bond donors (Lipinski definition) is 0. The number of para-hydroxylation sites is 1. The Labute approximate surface area is 115 Å². The first-order chi connectivity index (χ1) is 7.45. The molecule has 0 aliphatic carbocycles. The zero-order valence-electron chi connectivity index (χ0n) is 11.3. The van der Waals surface area contributed by atoms with Crippen LogP contribution >= 0.6 is 0 Å². The number of methoxy groups -OCH3 is 1. The average Bonchev–Trinajstić information content (AvgIpc) is 2.24. The van der Waals surface area contributed by atoms with Crippen molar-refractivity contribution < 1.29 is 28.7 Å². The van der Waals surface area contributed by atoms with E-state index in [4.69, 9.17) is 4.74 Å². The molecule has 0 heterocycles. The fraction of sp³-hybridized carbons (Fsp3) is 0.462. The number of nitrogens with zero attached hydrogens (tertiary/aromatic N) is 1. The van der Waals surface area contributed by atoms with Gasteiger partial charge in [0.2, 0.25) is 0 Å². The summed E-state index contributed by atoms with van der Waals surface area (Å²) in [5, 5.41) is 11.6. The fourth-order valence-electron chi connectivity index (χ4n) is 1.23. The summed E-state index contributed by atoms with van der Waals surface area (Å²) in [4.78, 5) is 4.06. The molecule has 0 N–H and O–H groups in total. The molecule has 0 unspecified atom stereocenters. The molecule has 0 amide bonds. The van der Waals surface area contributed by atoms with Crippen LogP contribution in [0.3, 0.4) is 0 Å². The van der Waals surface area contributed by atoms with Crippen molar-refractivity contribution >= 4 is 5.90 Å². The molecule has 0 aromatic heterocycles. The molecule has 0 aliphatic rings. The van der Waals surface area contributed by atoms with Crippen LogP contribution < -0.4 is 28.7 Å². The molecule has 0 saturated heterocycles. The van der Waals surface area contributed by atoms with Crippen LogP contribution in [0, 0.1) is 5.41 Å². The first-order valence-corrected chi connectivity index (χ1v) is 5.29. The third-order valence-electron chi connectivity index (χ3n) is 2.23. The maximum absolute atomic E-state index is 11.6. The maximum atomic E-state index is 11.6. The van der Waals surface area contributed by atoms with Gasteiger partial charge in [-0.1, -0.05) is 39.0 Å². The summed E-state index contributed by atoms with van der Waals surface area (Å²) in [5.74, 6) is 0.686. The van der Waals surface area contributed by atoms with Crippen molar-refractivity contribution in [3.05, 3.63) is 29.8 Å². The summed E-state index contributed by atoms with van der Waals surface area (Å²) >= 11 is 0. The zero-order chi connectivity index (χ0) is 12.2. The molecule has 1 aromatic carbocycles. The van der Waals surface area contributed by atoms with Crippen molar-refractivity contribution in [2.75, 3.05) is 7.11 Å². The van der Waals surface area contributed by atoms with Gasteiger partial charge in [-0.2, -0.15) is 0 Å². The van der Waals surface area contributed by atoms with Gasteiger partial charge in [0.15, 0.2) is 0 Å².